The van der Waals surface area contributed by atoms with Crippen LogP contribution in [-0.2, 0) is 11.3 Å². The fraction of sp³-hybridized carbons (Fsp3) is 0.286. The van der Waals surface area contributed by atoms with Crippen LogP contribution in [0.4, 0.5) is 10.1 Å². The lowest BCUT2D eigenvalue weighted by Gasteiger charge is -2.13. The van der Waals surface area contributed by atoms with Crippen molar-refractivity contribution in [3.8, 4) is 11.4 Å². The zero-order valence-electron chi connectivity index (χ0n) is 16.4. The minimum Gasteiger partial charge on any atom is -0.323 e. The smallest absolute Gasteiger partial charge is 0.237 e. The number of halogens is 1. The van der Waals surface area contributed by atoms with Crippen LogP contribution in [0.5, 0.6) is 0 Å². The van der Waals surface area contributed by atoms with Crippen molar-refractivity contribution < 1.29 is 9.18 Å². The zero-order valence-corrected chi connectivity index (χ0v) is 17.2. The van der Waals surface area contributed by atoms with Crippen molar-refractivity contribution in [2.24, 2.45) is 0 Å². The SMILES string of the molecule is CCn1c(SC(C)C(=O)Nc2ccc(C)cc2F)nnc1-c1cccc(C)c1. The van der Waals surface area contributed by atoms with Gasteiger partial charge in [0.25, 0.3) is 0 Å². The van der Waals surface area contributed by atoms with Crippen LogP contribution in [-0.4, -0.2) is 25.9 Å². The highest BCUT2D eigenvalue weighted by Crippen LogP contribution is 2.28. The van der Waals surface area contributed by atoms with Gasteiger partial charge in [0, 0.05) is 12.1 Å². The minimum absolute atomic E-state index is 0.181. The third kappa shape index (κ3) is 4.42. The number of carbonyl (C=O) groups excluding carboxylic acids is 1. The first-order valence-corrected chi connectivity index (χ1v) is 10.0. The van der Waals surface area contributed by atoms with Crippen molar-refractivity contribution in [3.63, 3.8) is 0 Å². The summed E-state index contributed by atoms with van der Waals surface area (Å²) >= 11 is 1.31. The molecule has 0 fully saturated rings. The van der Waals surface area contributed by atoms with E-state index in [0.29, 0.717) is 11.7 Å². The topological polar surface area (TPSA) is 59.8 Å². The molecule has 3 rings (SSSR count). The van der Waals surface area contributed by atoms with Gasteiger partial charge in [-0.1, -0.05) is 41.6 Å². The molecule has 1 heterocycles. The maximum atomic E-state index is 14.0. The van der Waals surface area contributed by atoms with E-state index in [9.17, 15) is 9.18 Å². The minimum atomic E-state index is -0.458. The van der Waals surface area contributed by atoms with Crippen LogP contribution in [0.2, 0.25) is 0 Å². The van der Waals surface area contributed by atoms with Gasteiger partial charge in [-0.05, 0) is 51.5 Å². The molecule has 146 valence electrons. The maximum Gasteiger partial charge on any atom is 0.237 e. The molecular formula is C21H23FN4OS. The molecule has 28 heavy (non-hydrogen) atoms. The molecule has 0 aliphatic heterocycles. The number of thioether (sulfide) groups is 1. The highest BCUT2D eigenvalue weighted by Gasteiger charge is 2.21. The summed E-state index contributed by atoms with van der Waals surface area (Å²) in [4.78, 5) is 12.5. The molecule has 0 spiro atoms. The molecule has 0 saturated carbocycles. The van der Waals surface area contributed by atoms with E-state index in [-0.39, 0.29) is 11.6 Å². The van der Waals surface area contributed by atoms with Gasteiger partial charge >= 0.3 is 0 Å². The van der Waals surface area contributed by atoms with Crippen molar-refractivity contribution in [1.29, 1.82) is 0 Å². The average molecular weight is 399 g/mol. The average Bonchev–Trinajstić information content (AvgIpc) is 3.06. The Kier molecular flexibility index (Phi) is 6.14. The van der Waals surface area contributed by atoms with Gasteiger partial charge in [0.2, 0.25) is 5.91 Å². The number of aromatic nitrogens is 3. The van der Waals surface area contributed by atoms with Crippen LogP contribution >= 0.6 is 11.8 Å². The van der Waals surface area contributed by atoms with Gasteiger partial charge in [-0.3, -0.25) is 4.79 Å². The largest absolute Gasteiger partial charge is 0.323 e. The van der Waals surface area contributed by atoms with Crippen molar-refractivity contribution in [1.82, 2.24) is 14.8 Å². The highest BCUT2D eigenvalue weighted by molar-refractivity contribution is 8.00. The molecule has 2 aromatic carbocycles. The van der Waals surface area contributed by atoms with Crippen molar-refractivity contribution >= 4 is 23.4 Å². The Bertz CT molecular complexity index is 1000. The molecule has 0 radical (unpaired) electrons. The number of amides is 1. The first kappa shape index (κ1) is 20.1. The molecule has 3 aromatic rings. The van der Waals surface area contributed by atoms with Crippen LogP contribution in [0.25, 0.3) is 11.4 Å². The Morgan fingerprint density at radius 2 is 1.93 bits per heavy atom. The lowest BCUT2D eigenvalue weighted by Crippen LogP contribution is -2.23. The Morgan fingerprint density at radius 1 is 1.18 bits per heavy atom. The lowest BCUT2D eigenvalue weighted by atomic mass is 10.1. The maximum absolute atomic E-state index is 14.0. The van der Waals surface area contributed by atoms with Crippen LogP contribution in [0.3, 0.4) is 0 Å². The number of anilines is 1. The predicted octanol–water partition coefficient (Wildman–Crippen LogP) is 4.84. The van der Waals surface area contributed by atoms with E-state index in [1.807, 2.05) is 36.6 Å². The van der Waals surface area contributed by atoms with E-state index < -0.39 is 11.1 Å². The van der Waals surface area contributed by atoms with Gasteiger partial charge in [-0.15, -0.1) is 10.2 Å². The molecule has 0 bridgehead atoms. The molecule has 1 atom stereocenters. The van der Waals surface area contributed by atoms with E-state index in [1.165, 1.54) is 17.8 Å². The normalized spacial score (nSPS) is 12.0. The molecule has 5 nitrogen and oxygen atoms in total. The second-order valence-corrected chi connectivity index (χ2v) is 7.96. The van der Waals surface area contributed by atoms with E-state index in [0.717, 1.165) is 22.5 Å². The number of nitrogens with zero attached hydrogens (tertiary/aromatic N) is 3. The fourth-order valence-electron chi connectivity index (χ4n) is 2.83. The summed E-state index contributed by atoms with van der Waals surface area (Å²) in [6.45, 7) is 8.30. The highest BCUT2D eigenvalue weighted by atomic mass is 32.2. The monoisotopic (exact) mass is 398 g/mol. The first-order valence-electron chi connectivity index (χ1n) is 9.13. The summed E-state index contributed by atoms with van der Waals surface area (Å²) in [5, 5.41) is 11.4. The summed E-state index contributed by atoms with van der Waals surface area (Å²) in [6, 6.07) is 12.8. The molecule has 0 saturated heterocycles. The molecule has 0 aliphatic rings. The first-order chi connectivity index (χ1) is 13.4. The number of aryl methyl sites for hydroxylation is 2. The summed E-state index contributed by atoms with van der Waals surface area (Å²) in [6.07, 6.45) is 0. The third-order valence-corrected chi connectivity index (χ3v) is 5.42. The lowest BCUT2D eigenvalue weighted by molar-refractivity contribution is -0.115. The van der Waals surface area contributed by atoms with E-state index in [2.05, 4.69) is 21.6 Å². The number of benzene rings is 2. The quantitative estimate of drug-likeness (QED) is 0.604. The summed E-state index contributed by atoms with van der Waals surface area (Å²) < 4.78 is 16.0. The van der Waals surface area contributed by atoms with Crippen LogP contribution in [0.15, 0.2) is 47.6 Å². The molecule has 1 N–H and O–H groups in total. The van der Waals surface area contributed by atoms with Crippen molar-refractivity contribution in [2.45, 2.75) is 44.6 Å². The third-order valence-electron chi connectivity index (χ3n) is 4.34. The molecule has 0 aliphatic carbocycles. The number of nitrogens with one attached hydrogen (secondary N) is 1. The Labute approximate surface area is 168 Å². The second kappa shape index (κ2) is 8.56. The number of rotatable bonds is 6. The van der Waals surface area contributed by atoms with Crippen LogP contribution in [0, 0.1) is 19.7 Å². The molecule has 1 amide bonds. The summed E-state index contributed by atoms with van der Waals surface area (Å²) in [5.74, 6) is 0.0467. The van der Waals surface area contributed by atoms with Crippen LogP contribution in [0.1, 0.15) is 25.0 Å². The van der Waals surface area contributed by atoms with Crippen LogP contribution < -0.4 is 5.32 Å². The fourth-order valence-corrected chi connectivity index (χ4v) is 3.74. The Morgan fingerprint density at radius 3 is 2.61 bits per heavy atom. The van der Waals surface area contributed by atoms with Gasteiger partial charge in [0.05, 0.1) is 10.9 Å². The Balaban J connectivity index is 1.76. The second-order valence-electron chi connectivity index (χ2n) is 6.65. The van der Waals surface area contributed by atoms with Gasteiger partial charge < -0.3 is 9.88 Å². The van der Waals surface area contributed by atoms with E-state index >= 15 is 0 Å². The van der Waals surface area contributed by atoms with Gasteiger partial charge in [0.1, 0.15) is 5.82 Å². The van der Waals surface area contributed by atoms with Crippen molar-refractivity contribution in [3.05, 3.63) is 59.4 Å². The molecule has 1 unspecified atom stereocenters. The number of hydrogen-bond acceptors (Lipinski definition) is 4. The number of hydrogen-bond donors (Lipinski definition) is 1. The van der Waals surface area contributed by atoms with Gasteiger partial charge in [-0.25, -0.2) is 4.39 Å². The summed E-state index contributed by atoms with van der Waals surface area (Å²) in [7, 11) is 0. The van der Waals surface area contributed by atoms with Gasteiger partial charge in [0.15, 0.2) is 11.0 Å². The zero-order chi connectivity index (χ0) is 20.3. The predicted molar refractivity (Wildman–Crippen MR) is 111 cm³/mol. The molecule has 1 aromatic heterocycles. The number of carbonyl (C=O) groups is 1. The Hall–Kier alpha value is -2.67. The van der Waals surface area contributed by atoms with E-state index in [1.54, 1.807) is 26.0 Å². The summed E-state index contributed by atoms with van der Waals surface area (Å²) in [5.41, 5.74) is 3.11. The molecular weight excluding hydrogens is 375 g/mol. The molecule has 7 heteroatoms. The van der Waals surface area contributed by atoms with Gasteiger partial charge in [-0.2, -0.15) is 0 Å². The standard InChI is InChI=1S/C21H23FN4OS/c1-5-26-19(16-8-6-7-13(2)11-16)24-25-21(26)28-15(4)20(27)23-18-10-9-14(3)12-17(18)22/h6-12,15H,5H2,1-4H3,(H,23,27). The van der Waals surface area contributed by atoms with Crippen molar-refractivity contribution in [2.75, 3.05) is 5.32 Å². The van der Waals surface area contributed by atoms with E-state index in [4.69, 9.17) is 0 Å².